The van der Waals surface area contributed by atoms with Gasteiger partial charge in [0.1, 0.15) is 0 Å². The van der Waals surface area contributed by atoms with Crippen molar-refractivity contribution in [1.29, 1.82) is 0 Å². The van der Waals surface area contributed by atoms with Gasteiger partial charge in [-0.25, -0.2) is 0 Å². The van der Waals surface area contributed by atoms with Gasteiger partial charge in [-0.3, -0.25) is 9.59 Å². The van der Waals surface area contributed by atoms with Crippen LogP contribution in [0.4, 0.5) is 13.2 Å². The van der Waals surface area contributed by atoms with Gasteiger partial charge in [-0.15, -0.1) is 0 Å². The lowest BCUT2D eigenvalue weighted by Crippen LogP contribution is -2.47. The van der Waals surface area contributed by atoms with Crippen LogP contribution in [0.5, 0.6) is 0 Å². The monoisotopic (exact) mass is 343 g/mol. The maximum absolute atomic E-state index is 12.9. The van der Waals surface area contributed by atoms with Gasteiger partial charge in [0.15, 0.2) is 0 Å². The third-order valence-electron chi connectivity index (χ3n) is 4.58. The molecule has 2 rings (SSSR count). The highest BCUT2D eigenvalue weighted by molar-refractivity contribution is 5.87. The second kappa shape index (κ2) is 6.45. The summed E-state index contributed by atoms with van der Waals surface area (Å²) in [7, 11) is 0. The third-order valence-corrected chi connectivity index (χ3v) is 4.58. The number of benzene rings is 1. The van der Waals surface area contributed by atoms with Crippen LogP contribution in [0.2, 0.25) is 0 Å². The fourth-order valence-corrected chi connectivity index (χ4v) is 2.93. The molecule has 0 bridgehead atoms. The van der Waals surface area contributed by atoms with Crippen LogP contribution in [0.25, 0.3) is 0 Å². The zero-order chi connectivity index (χ0) is 18.1. The summed E-state index contributed by atoms with van der Waals surface area (Å²) in [5.74, 6) is -1.63. The summed E-state index contributed by atoms with van der Waals surface area (Å²) in [5, 5.41) is 9.00. The van der Waals surface area contributed by atoms with Crippen LogP contribution in [0.3, 0.4) is 0 Å². The van der Waals surface area contributed by atoms with E-state index < -0.39 is 29.0 Å². The standard InChI is InChI=1S/C17H20F3NO3/c1-16(2,12-4-3-5-13(10-12)17(18,19)20)15(24)21-8-6-11(7-9-21)14(22)23/h3-5,10-11H,6-9H2,1-2H3,(H,22,23). The Morgan fingerprint density at radius 2 is 1.67 bits per heavy atom. The number of rotatable bonds is 3. The highest BCUT2D eigenvalue weighted by Crippen LogP contribution is 2.34. The van der Waals surface area contributed by atoms with E-state index in [1.165, 1.54) is 12.1 Å². The van der Waals surface area contributed by atoms with Crippen molar-refractivity contribution < 1.29 is 27.9 Å². The molecule has 24 heavy (non-hydrogen) atoms. The van der Waals surface area contributed by atoms with E-state index in [-0.39, 0.29) is 5.91 Å². The highest BCUT2D eigenvalue weighted by atomic mass is 19.4. The Morgan fingerprint density at radius 3 is 2.17 bits per heavy atom. The van der Waals surface area contributed by atoms with Crippen molar-refractivity contribution in [2.45, 2.75) is 38.3 Å². The van der Waals surface area contributed by atoms with Gasteiger partial charge in [0.2, 0.25) is 5.91 Å². The van der Waals surface area contributed by atoms with Crippen molar-refractivity contribution in [3.8, 4) is 0 Å². The molecule has 1 heterocycles. The molecular weight excluding hydrogens is 323 g/mol. The Labute approximate surface area is 138 Å². The van der Waals surface area contributed by atoms with E-state index in [9.17, 15) is 22.8 Å². The Bertz CT molecular complexity index is 632. The molecule has 0 aromatic heterocycles. The number of piperidine rings is 1. The van der Waals surface area contributed by atoms with E-state index in [4.69, 9.17) is 5.11 Å². The molecule has 7 heteroatoms. The summed E-state index contributed by atoms with van der Waals surface area (Å²) >= 11 is 0. The SMILES string of the molecule is CC(C)(C(=O)N1CCC(C(=O)O)CC1)c1cccc(C(F)(F)F)c1. The minimum Gasteiger partial charge on any atom is -0.481 e. The average Bonchev–Trinajstić information content (AvgIpc) is 2.53. The molecule has 1 aliphatic rings. The van der Waals surface area contributed by atoms with Crippen molar-refractivity contribution in [2.75, 3.05) is 13.1 Å². The molecule has 1 saturated heterocycles. The number of amides is 1. The Hall–Kier alpha value is -2.05. The lowest BCUT2D eigenvalue weighted by Gasteiger charge is -2.36. The summed E-state index contributed by atoms with van der Waals surface area (Å²) in [6.45, 7) is 3.79. The summed E-state index contributed by atoms with van der Waals surface area (Å²) in [5.41, 5.74) is -1.61. The van der Waals surface area contributed by atoms with Crippen LogP contribution >= 0.6 is 0 Å². The van der Waals surface area contributed by atoms with Crippen LogP contribution in [-0.2, 0) is 21.2 Å². The molecule has 1 fully saturated rings. The van der Waals surface area contributed by atoms with E-state index >= 15 is 0 Å². The number of halogens is 3. The molecule has 0 unspecified atom stereocenters. The topological polar surface area (TPSA) is 57.6 Å². The second-order valence-corrected chi connectivity index (χ2v) is 6.61. The van der Waals surface area contributed by atoms with E-state index in [2.05, 4.69) is 0 Å². The van der Waals surface area contributed by atoms with E-state index in [0.29, 0.717) is 31.5 Å². The van der Waals surface area contributed by atoms with E-state index in [0.717, 1.165) is 12.1 Å². The summed E-state index contributed by atoms with van der Waals surface area (Å²) in [4.78, 5) is 25.3. The molecule has 0 atom stereocenters. The van der Waals surface area contributed by atoms with Crippen molar-refractivity contribution in [1.82, 2.24) is 4.90 Å². The Kier molecular flexibility index (Phi) is 4.92. The van der Waals surface area contributed by atoms with Gasteiger partial charge in [0, 0.05) is 13.1 Å². The molecule has 0 saturated carbocycles. The lowest BCUT2D eigenvalue weighted by molar-refractivity contribution is -0.147. The van der Waals surface area contributed by atoms with Crippen LogP contribution in [0.1, 0.15) is 37.8 Å². The Balaban J connectivity index is 2.18. The molecule has 4 nitrogen and oxygen atoms in total. The predicted octanol–water partition coefficient (Wildman–Crippen LogP) is 3.31. The van der Waals surface area contributed by atoms with E-state index in [1.807, 2.05) is 0 Å². The molecule has 0 spiro atoms. The van der Waals surface area contributed by atoms with Gasteiger partial charge >= 0.3 is 12.1 Å². The molecular formula is C17H20F3NO3. The maximum Gasteiger partial charge on any atom is 0.416 e. The lowest BCUT2D eigenvalue weighted by atomic mass is 9.81. The van der Waals surface area contributed by atoms with Crippen LogP contribution in [-0.4, -0.2) is 35.0 Å². The number of carboxylic acid groups (broad SMARTS) is 1. The quantitative estimate of drug-likeness (QED) is 0.916. The van der Waals surface area contributed by atoms with Crippen molar-refractivity contribution >= 4 is 11.9 Å². The number of hydrogen-bond donors (Lipinski definition) is 1. The number of carbonyl (C=O) groups is 2. The molecule has 1 N–H and O–H groups in total. The number of carboxylic acids is 1. The highest BCUT2D eigenvalue weighted by Gasteiger charge is 2.38. The van der Waals surface area contributed by atoms with E-state index in [1.54, 1.807) is 18.7 Å². The van der Waals surface area contributed by atoms with Gasteiger partial charge in [-0.05, 0) is 38.3 Å². The first kappa shape index (κ1) is 18.3. The molecule has 132 valence electrons. The normalized spacial score (nSPS) is 17.0. The van der Waals surface area contributed by atoms with Gasteiger partial charge in [-0.1, -0.05) is 18.2 Å². The smallest absolute Gasteiger partial charge is 0.416 e. The largest absolute Gasteiger partial charge is 0.481 e. The van der Waals surface area contributed by atoms with Crippen LogP contribution < -0.4 is 0 Å². The molecule has 1 amide bonds. The fraction of sp³-hybridized carbons (Fsp3) is 0.529. The first-order valence-electron chi connectivity index (χ1n) is 7.73. The molecule has 1 aromatic rings. The maximum atomic E-state index is 12.9. The van der Waals surface area contributed by atoms with Gasteiger partial charge < -0.3 is 10.0 Å². The van der Waals surface area contributed by atoms with Gasteiger partial charge in [0.25, 0.3) is 0 Å². The summed E-state index contributed by atoms with van der Waals surface area (Å²) in [6.07, 6.45) is -3.74. The first-order chi connectivity index (χ1) is 11.0. The summed E-state index contributed by atoms with van der Waals surface area (Å²) < 4.78 is 38.6. The second-order valence-electron chi connectivity index (χ2n) is 6.61. The molecule has 0 radical (unpaired) electrons. The fourth-order valence-electron chi connectivity index (χ4n) is 2.93. The van der Waals surface area contributed by atoms with Crippen molar-refractivity contribution in [3.63, 3.8) is 0 Å². The van der Waals surface area contributed by atoms with Gasteiger partial charge in [0.05, 0.1) is 16.9 Å². The van der Waals surface area contributed by atoms with Crippen LogP contribution in [0.15, 0.2) is 24.3 Å². The number of carbonyl (C=O) groups excluding carboxylic acids is 1. The Morgan fingerprint density at radius 1 is 1.12 bits per heavy atom. The average molecular weight is 343 g/mol. The summed E-state index contributed by atoms with van der Waals surface area (Å²) in [6, 6.07) is 4.78. The molecule has 1 aliphatic heterocycles. The minimum absolute atomic E-state index is 0.286. The van der Waals surface area contributed by atoms with Crippen molar-refractivity contribution in [3.05, 3.63) is 35.4 Å². The van der Waals surface area contributed by atoms with Crippen molar-refractivity contribution in [2.24, 2.45) is 5.92 Å². The molecule has 1 aromatic carbocycles. The predicted molar refractivity (Wildman–Crippen MR) is 81.4 cm³/mol. The molecule has 0 aliphatic carbocycles. The zero-order valence-electron chi connectivity index (χ0n) is 13.6. The number of likely N-dealkylation sites (tertiary alicyclic amines) is 1. The van der Waals surface area contributed by atoms with Gasteiger partial charge in [-0.2, -0.15) is 13.2 Å². The zero-order valence-corrected chi connectivity index (χ0v) is 13.6. The number of hydrogen-bond acceptors (Lipinski definition) is 2. The number of nitrogens with zero attached hydrogens (tertiary/aromatic N) is 1. The minimum atomic E-state index is -4.46. The first-order valence-corrected chi connectivity index (χ1v) is 7.73. The van der Waals surface area contributed by atoms with Crippen LogP contribution in [0, 0.1) is 5.92 Å². The number of aliphatic carboxylic acids is 1. The number of alkyl halides is 3. The third kappa shape index (κ3) is 3.71.